The summed E-state index contributed by atoms with van der Waals surface area (Å²) in [5.41, 5.74) is 8.16. The number of nitrogens with one attached hydrogen (secondary N) is 1. The van der Waals surface area contributed by atoms with Gasteiger partial charge in [-0.2, -0.15) is 0 Å². The second-order valence-electron chi connectivity index (χ2n) is 6.26. The molecule has 0 radical (unpaired) electrons. The number of nitrogens with two attached hydrogens (primary N) is 1. The summed E-state index contributed by atoms with van der Waals surface area (Å²) in [6.45, 7) is 7.86. The quantitative estimate of drug-likeness (QED) is 0.767. The smallest absolute Gasteiger partial charge is 0.220 e. The third-order valence-corrected chi connectivity index (χ3v) is 3.70. The van der Waals surface area contributed by atoms with Gasteiger partial charge >= 0.3 is 0 Å². The summed E-state index contributed by atoms with van der Waals surface area (Å²) in [5, 5.41) is 3.04. The van der Waals surface area contributed by atoms with Gasteiger partial charge in [-0.25, -0.2) is 0 Å². The van der Waals surface area contributed by atoms with E-state index in [9.17, 15) is 4.79 Å². The summed E-state index contributed by atoms with van der Waals surface area (Å²) in [6, 6.07) is 8.23. The summed E-state index contributed by atoms with van der Waals surface area (Å²) in [7, 11) is 0. The van der Waals surface area contributed by atoms with Crippen molar-refractivity contribution < 1.29 is 4.79 Å². The van der Waals surface area contributed by atoms with Gasteiger partial charge in [0, 0.05) is 13.0 Å². The lowest BCUT2D eigenvalue weighted by Gasteiger charge is -2.24. The molecule has 1 aromatic carbocycles. The van der Waals surface area contributed by atoms with Crippen molar-refractivity contribution in [1.29, 1.82) is 0 Å². The van der Waals surface area contributed by atoms with E-state index in [1.807, 2.05) is 12.1 Å². The minimum atomic E-state index is 0.123. The predicted octanol–water partition coefficient (Wildman–Crippen LogP) is 2.81. The number of carbonyl (C=O) groups excluding carboxylic acids is 1. The van der Waals surface area contributed by atoms with Gasteiger partial charge < -0.3 is 11.1 Å². The average Bonchev–Trinajstić information content (AvgIpc) is 2.42. The van der Waals surface area contributed by atoms with Crippen molar-refractivity contribution in [3.63, 3.8) is 0 Å². The lowest BCUT2D eigenvalue weighted by atomic mass is 9.87. The SMILES string of the molecule is Cc1ccccc1CCC(=O)NCC(C)(C)CCCN. The fraction of sp³-hybridized carbons (Fsp3) is 0.588. The third kappa shape index (κ3) is 6.20. The van der Waals surface area contributed by atoms with Crippen molar-refractivity contribution in [2.75, 3.05) is 13.1 Å². The number of amides is 1. The molecular weight excluding hydrogens is 248 g/mol. The Kier molecular flexibility index (Phi) is 6.73. The molecule has 0 spiro atoms. The Bertz CT molecular complexity index is 427. The molecule has 0 unspecified atom stereocenters. The van der Waals surface area contributed by atoms with Gasteiger partial charge in [0.1, 0.15) is 0 Å². The number of aryl methyl sites for hydroxylation is 2. The first-order valence-corrected chi connectivity index (χ1v) is 7.46. The number of hydrogen-bond acceptors (Lipinski definition) is 2. The van der Waals surface area contributed by atoms with Gasteiger partial charge in [-0.1, -0.05) is 38.1 Å². The summed E-state index contributed by atoms with van der Waals surface area (Å²) in [6.07, 6.45) is 3.41. The van der Waals surface area contributed by atoms with E-state index in [4.69, 9.17) is 5.73 Å². The summed E-state index contributed by atoms with van der Waals surface area (Å²) in [4.78, 5) is 11.9. The number of carbonyl (C=O) groups is 1. The Morgan fingerprint density at radius 3 is 2.65 bits per heavy atom. The van der Waals surface area contributed by atoms with Crippen LogP contribution in [0.5, 0.6) is 0 Å². The largest absolute Gasteiger partial charge is 0.356 e. The summed E-state index contributed by atoms with van der Waals surface area (Å²) >= 11 is 0. The fourth-order valence-corrected chi connectivity index (χ4v) is 2.23. The van der Waals surface area contributed by atoms with Gasteiger partial charge in [-0.15, -0.1) is 0 Å². The molecule has 0 bridgehead atoms. The molecule has 1 rings (SSSR count). The summed E-state index contributed by atoms with van der Waals surface area (Å²) in [5.74, 6) is 0.133. The van der Waals surface area contributed by atoms with Crippen LogP contribution in [0.1, 0.15) is 44.2 Å². The molecule has 20 heavy (non-hydrogen) atoms. The van der Waals surface area contributed by atoms with Crippen molar-refractivity contribution in [2.24, 2.45) is 11.1 Å². The van der Waals surface area contributed by atoms with Gasteiger partial charge in [0.25, 0.3) is 0 Å². The Labute approximate surface area is 122 Å². The predicted molar refractivity (Wildman–Crippen MR) is 84.6 cm³/mol. The average molecular weight is 276 g/mol. The molecule has 0 saturated carbocycles. The Morgan fingerprint density at radius 2 is 2.00 bits per heavy atom. The highest BCUT2D eigenvalue weighted by Crippen LogP contribution is 2.20. The van der Waals surface area contributed by atoms with Crippen LogP contribution in [0.15, 0.2) is 24.3 Å². The van der Waals surface area contributed by atoms with Crippen molar-refractivity contribution in [3.8, 4) is 0 Å². The lowest BCUT2D eigenvalue weighted by Crippen LogP contribution is -2.34. The van der Waals surface area contributed by atoms with Gasteiger partial charge in [-0.05, 0) is 49.3 Å². The van der Waals surface area contributed by atoms with E-state index in [2.05, 4.69) is 38.2 Å². The highest BCUT2D eigenvalue weighted by atomic mass is 16.1. The van der Waals surface area contributed by atoms with E-state index >= 15 is 0 Å². The van der Waals surface area contributed by atoms with Crippen molar-refractivity contribution in [3.05, 3.63) is 35.4 Å². The minimum absolute atomic E-state index is 0.123. The lowest BCUT2D eigenvalue weighted by molar-refractivity contribution is -0.121. The number of benzene rings is 1. The van der Waals surface area contributed by atoms with E-state index in [-0.39, 0.29) is 11.3 Å². The Balaban J connectivity index is 2.32. The molecule has 0 fully saturated rings. The molecule has 1 amide bonds. The summed E-state index contributed by atoms with van der Waals surface area (Å²) < 4.78 is 0. The highest BCUT2D eigenvalue weighted by Gasteiger charge is 2.18. The van der Waals surface area contributed by atoms with Gasteiger partial charge in [0.05, 0.1) is 0 Å². The zero-order chi connectivity index (χ0) is 15.0. The first-order chi connectivity index (χ1) is 9.44. The minimum Gasteiger partial charge on any atom is -0.356 e. The van der Waals surface area contributed by atoms with E-state index in [0.29, 0.717) is 13.0 Å². The van der Waals surface area contributed by atoms with Crippen LogP contribution in [0, 0.1) is 12.3 Å². The molecule has 0 aromatic heterocycles. The molecular formula is C17H28N2O. The maximum absolute atomic E-state index is 11.9. The third-order valence-electron chi connectivity index (χ3n) is 3.70. The Morgan fingerprint density at radius 1 is 1.30 bits per heavy atom. The molecule has 3 N–H and O–H groups in total. The van der Waals surface area contributed by atoms with Crippen molar-refractivity contribution in [1.82, 2.24) is 5.32 Å². The fourth-order valence-electron chi connectivity index (χ4n) is 2.23. The zero-order valence-electron chi connectivity index (χ0n) is 13.0. The first kappa shape index (κ1) is 16.7. The van der Waals surface area contributed by atoms with Crippen LogP contribution < -0.4 is 11.1 Å². The molecule has 1 aromatic rings. The van der Waals surface area contributed by atoms with Crippen LogP contribution in [0.25, 0.3) is 0 Å². The number of hydrogen-bond donors (Lipinski definition) is 2. The normalized spacial score (nSPS) is 11.4. The van der Waals surface area contributed by atoms with E-state index in [1.165, 1.54) is 11.1 Å². The van der Waals surface area contributed by atoms with Crippen LogP contribution in [0.2, 0.25) is 0 Å². The molecule has 3 heteroatoms. The van der Waals surface area contributed by atoms with Gasteiger partial charge in [0.2, 0.25) is 5.91 Å². The number of rotatable bonds is 8. The molecule has 0 aliphatic heterocycles. The standard InChI is InChI=1S/C17H28N2O/c1-14-7-4-5-8-15(14)9-10-16(20)19-13-17(2,3)11-6-12-18/h4-5,7-8H,6,9-13,18H2,1-3H3,(H,19,20). The highest BCUT2D eigenvalue weighted by molar-refractivity contribution is 5.76. The van der Waals surface area contributed by atoms with Crippen molar-refractivity contribution >= 4 is 5.91 Å². The van der Waals surface area contributed by atoms with E-state index in [1.54, 1.807) is 0 Å². The maximum atomic E-state index is 11.9. The molecule has 0 aliphatic carbocycles. The molecule has 0 saturated heterocycles. The van der Waals surface area contributed by atoms with E-state index < -0.39 is 0 Å². The van der Waals surface area contributed by atoms with Crippen LogP contribution in [-0.4, -0.2) is 19.0 Å². The first-order valence-electron chi connectivity index (χ1n) is 7.46. The van der Waals surface area contributed by atoms with E-state index in [0.717, 1.165) is 25.8 Å². The second kappa shape index (κ2) is 8.05. The van der Waals surface area contributed by atoms with Gasteiger partial charge in [-0.3, -0.25) is 4.79 Å². The van der Waals surface area contributed by atoms with Gasteiger partial charge in [0.15, 0.2) is 0 Å². The molecule has 3 nitrogen and oxygen atoms in total. The van der Waals surface area contributed by atoms with Crippen LogP contribution in [0.4, 0.5) is 0 Å². The second-order valence-corrected chi connectivity index (χ2v) is 6.26. The maximum Gasteiger partial charge on any atom is 0.220 e. The Hall–Kier alpha value is -1.35. The topological polar surface area (TPSA) is 55.1 Å². The zero-order valence-corrected chi connectivity index (χ0v) is 13.0. The van der Waals surface area contributed by atoms with Crippen LogP contribution >= 0.6 is 0 Å². The van der Waals surface area contributed by atoms with Crippen LogP contribution in [-0.2, 0) is 11.2 Å². The monoisotopic (exact) mass is 276 g/mol. The molecule has 0 aliphatic rings. The van der Waals surface area contributed by atoms with Crippen molar-refractivity contribution in [2.45, 2.75) is 46.5 Å². The molecule has 0 heterocycles. The molecule has 0 atom stereocenters. The van der Waals surface area contributed by atoms with Crippen LogP contribution in [0.3, 0.4) is 0 Å². The molecule has 112 valence electrons.